The van der Waals surface area contributed by atoms with Crippen molar-refractivity contribution in [3.63, 3.8) is 0 Å². The molecule has 2 N–H and O–H groups in total. The van der Waals surface area contributed by atoms with E-state index in [9.17, 15) is 17.6 Å². The summed E-state index contributed by atoms with van der Waals surface area (Å²) >= 11 is 0. The van der Waals surface area contributed by atoms with Crippen molar-refractivity contribution < 1.29 is 22.3 Å². The van der Waals surface area contributed by atoms with Gasteiger partial charge in [-0.2, -0.15) is 8.78 Å². The summed E-state index contributed by atoms with van der Waals surface area (Å²) in [7, 11) is 0. The largest absolute Gasteiger partial charge is 0.367 e. The summed E-state index contributed by atoms with van der Waals surface area (Å²) in [4.78, 5) is 8.04. The van der Waals surface area contributed by atoms with E-state index in [2.05, 4.69) is 14.7 Å². The number of hydrogen-bond acceptors (Lipinski definition) is 4. The van der Waals surface area contributed by atoms with Crippen LogP contribution in [0.1, 0.15) is 22.8 Å². The predicted octanol–water partition coefficient (Wildman–Crippen LogP) is 1.97. The van der Waals surface area contributed by atoms with Crippen LogP contribution in [0.15, 0.2) is 0 Å². The van der Waals surface area contributed by atoms with Crippen molar-refractivity contribution in [2.24, 2.45) is 5.73 Å². The van der Waals surface area contributed by atoms with E-state index >= 15 is 0 Å². The molecule has 0 saturated carbocycles. The van der Waals surface area contributed by atoms with Crippen molar-refractivity contribution >= 4 is 0 Å². The summed E-state index contributed by atoms with van der Waals surface area (Å²) in [5.41, 5.74) is 7.50. The summed E-state index contributed by atoms with van der Waals surface area (Å²) in [6.45, 7) is 1.95. The van der Waals surface area contributed by atoms with Gasteiger partial charge in [-0.1, -0.05) is 0 Å². The van der Waals surface area contributed by atoms with Crippen molar-refractivity contribution in [1.29, 1.82) is 0 Å². The molecule has 108 valence electrons. The van der Waals surface area contributed by atoms with Gasteiger partial charge in [-0.25, -0.2) is 18.7 Å². The van der Waals surface area contributed by atoms with E-state index in [0.29, 0.717) is 11.4 Å². The summed E-state index contributed by atoms with van der Waals surface area (Å²) in [6, 6.07) is 0. The Morgan fingerprint density at radius 2 is 1.74 bits per heavy atom. The van der Waals surface area contributed by atoms with E-state index in [1.165, 1.54) is 0 Å². The number of hydrogen-bond donors (Lipinski definition) is 1. The molecule has 1 heterocycles. The van der Waals surface area contributed by atoms with E-state index in [1.807, 2.05) is 0 Å². The lowest BCUT2D eigenvalue weighted by atomic mass is 10.2. The number of aromatic nitrogens is 2. The number of halogens is 4. The third-order valence-electron chi connectivity index (χ3n) is 2.52. The molecule has 0 aliphatic heterocycles. The molecular weight excluding hydrogens is 266 g/mol. The van der Waals surface area contributed by atoms with Gasteiger partial charge in [0.2, 0.25) is 0 Å². The molecular formula is C11H15F4N3O. The van der Waals surface area contributed by atoms with Gasteiger partial charge in [0.1, 0.15) is 13.2 Å². The average molecular weight is 281 g/mol. The number of nitrogens with two attached hydrogens (primary N) is 1. The van der Waals surface area contributed by atoms with Crippen molar-refractivity contribution in [3.8, 4) is 0 Å². The zero-order chi connectivity index (χ0) is 14.6. The fourth-order valence-corrected chi connectivity index (χ4v) is 1.51. The third-order valence-corrected chi connectivity index (χ3v) is 2.52. The van der Waals surface area contributed by atoms with Gasteiger partial charge in [0.05, 0.1) is 0 Å². The zero-order valence-corrected chi connectivity index (χ0v) is 10.6. The van der Waals surface area contributed by atoms with Gasteiger partial charge in [0, 0.05) is 23.5 Å². The Morgan fingerprint density at radius 1 is 1.21 bits per heavy atom. The van der Waals surface area contributed by atoms with Crippen LogP contribution in [0.25, 0.3) is 0 Å². The van der Waals surface area contributed by atoms with E-state index < -0.39 is 19.0 Å². The maximum Gasteiger partial charge on any atom is 0.330 e. The third kappa shape index (κ3) is 4.10. The van der Waals surface area contributed by atoms with E-state index in [0.717, 1.165) is 5.56 Å². The topological polar surface area (TPSA) is 61.0 Å². The monoisotopic (exact) mass is 281 g/mol. The molecule has 0 amide bonds. The van der Waals surface area contributed by atoms with Crippen LogP contribution < -0.4 is 5.73 Å². The number of rotatable bonds is 6. The Bertz CT molecular complexity index is 417. The molecule has 0 aromatic carbocycles. The van der Waals surface area contributed by atoms with Crippen LogP contribution in [0, 0.1) is 13.8 Å². The highest BCUT2D eigenvalue weighted by Gasteiger charge is 2.41. The summed E-state index contributed by atoms with van der Waals surface area (Å²) in [6.07, 6.45) is -3.75. The fraction of sp³-hybridized carbons (Fsp3) is 0.636. The number of aryl methyl sites for hydroxylation is 2. The molecule has 1 rings (SSSR count). The van der Waals surface area contributed by atoms with Crippen LogP contribution in [-0.2, 0) is 17.9 Å². The lowest BCUT2D eigenvalue weighted by Crippen LogP contribution is -2.32. The van der Waals surface area contributed by atoms with Crippen molar-refractivity contribution in [1.82, 2.24) is 9.97 Å². The highest BCUT2D eigenvalue weighted by molar-refractivity contribution is 5.23. The normalized spacial score (nSPS) is 12.2. The molecule has 0 unspecified atom stereocenters. The van der Waals surface area contributed by atoms with Crippen LogP contribution in [-0.4, -0.2) is 28.9 Å². The van der Waals surface area contributed by atoms with Gasteiger partial charge >= 0.3 is 12.3 Å². The van der Waals surface area contributed by atoms with E-state index in [-0.39, 0.29) is 19.0 Å². The Kier molecular flexibility index (Phi) is 5.19. The number of alkyl halides is 4. The standard InChI is InChI=1S/C11H15F4N3O/c1-6-8(3-16)7(2)18-9(17-6)4-19-5-11(14,15)10(12)13/h10H,3-5,16H2,1-2H3. The molecule has 0 aliphatic rings. The minimum atomic E-state index is -4.17. The van der Waals surface area contributed by atoms with E-state index in [1.54, 1.807) is 13.8 Å². The van der Waals surface area contributed by atoms with Gasteiger partial charge in [0.25, 0.3) is 0 Å². The van der Waals surface area contributed by atoms with Crippen LogP contribution in [0.4, 0.5) is 17.6 Å². The van der Waals surface area contributed by atoms with Gasteiger partial charge in [-0.05, 0) is 13.8 Å². The molecule has 0 spiro atoms. The molecule has 0 radical (unpaired) electrons. The fourth-order valence-electron chi connectivity index (χ4n) is 1.51. The molecule has 0 atom stereocenters. The van der Waals surface area contributed by atoms with Crippen molar-refractivity contribution in [2.45, 2.75) is 39.3 Å². The maximum atomic E-state index is 12.6. The summed E-state index contributed by atoms with van der Waals surface area (Å²) in [5.74, 6) is -4.00. The highest BCUT2D eigenvalue weighted by atomic mass is 19.3. The van der Waals surface area contributed by atoms with Crippen LogP contribution >= 0.6 is 0 Å². The first-order chi connectivity index (χ1) is 8.77. The van der Waals surface area contributed by atoms with Gasteiger partial charge in [0.15, 0.2) is 5.82 Å². The number of ether oxygens (including phenoxy) is 1. The zero-order valence-electron chi connectivity index (χ0n) is 10.6. The van der Waals surface area contributed by atoms with Gasteiger partial charge in [-0.15, -0.1) is 0 Å². The second-order valence-electron chi connectivity index (χ2n) is 4.05. The minimum absolute atomic E-state index is 0.164. The maximum absolute atomic E-state index is 12.6. The second-order valence-corrected chi connectivity index (χ2v) is 4.05. The van der Waals surface area contributed by atoms with Crippen LogP contribution in [0.5, 0.6) is 0 Å². The molecule has 8 heteroatoms. The predicted molar refractivity (Wildman–Crippen MR) is 60.0 cm³/mol. The first kappa shape index (κ1) is 15.8. The van der Waals surface area contributed by atoms with Gasteiger partial charge < -0.3 is 10.5 Å². The molecule has 0 fully saturated rings. The Morgan fingerprint density at radius 3 is 2.16 bits per heavy atom. The highest BCUT2D eigenvalue weighted by Crippen LogP contribution is 2.23. The molecule has 1 aromatic rings. The van der Waals surface area contributed by atoms with Crippen LogP contribution in [0.2, 0.25) is 0 Å². The lowest BCUT2D eigenvalue weighted by molar-refractivity contribution is -0.168. The Hall–Kier alpha value is -1.28. The first-order valence-electron chi connectivity index (χ1n) is 5.54. The Balaban J connectivity index is 2.65. The van der Waals surface area contributed by atoms with Gasteiger partial charge in [-0.3, -0.25) is 0 Å². The van der Waals surface area contributed by atoms with Crippen LogP contribution in [0.3, 0.4) is 0 Å². The number of nitrogens with zero attached hydrogens (tertiary/aromatic N) is 2. The summed E-state index contributed by atoms with van der Waals surface area (Å²) in [5, 5.41) is 0. The van der Waals surface area contributed by atoms with Crippen molar-refractivity contribution in [3.05, 3.63) is 22.8 Å². The Labute approximate surface area is 108 Å². The quantitative estimate of drug-likeness (QED) is 0.810. The SMILES string of the molecule is Cc1nc(COCC(F)(F)C(F)F)nc(C)c1CN. The summed E-state index contributed by atoms with van der Waals surface area (Å²) < 4.78 is 53.5. The minimum Gasteiger partial charge on any atom is -0.367 e. The molecule has 19 heavy (non-hydrogen) atoms. The molecule has 4 nitrogen and oxygen atoms in total. The lowest BCUT2D eigenvalue weighted by Gasteiger charge is -2.15. The smallest absolute Gasteiger partial charge is 0.330 e. The van der Waals surface area contributed by atoms with Crippen molar-refractivity contribution in [2.75, 3.05) is 6.61 Å². The first-order valence-corrected chi connectivity index (χ1v) is 5.54. The molecule has 0 aliphatic carbocycles. The second kappa shape index (κ2) is 6.25. The van der Waals surface area contributed by atoms with E-state index in [4.69, 9.17) is 5.73 Å². The average Bonchev–Trinajstić information content (AvgIpc) is 2.28. The molecule has 0 bridgehead atoms. The molecule has 1 aromatic heterocycles. The molecule has 0 saturated heterocycles.